The van der Waals surface area contributed by atoms with Gasteiger partial charge in [-0.15, -0.1) is 0 Å². The number of rotatable bonds is 4. The fourth-order valence-electron chi connectivity index (χ4n) is 3.94. The summed E-state index contributed by atoms with van der Waals surface area (Å²) in [7, 11) is 1.96. The van der Waals surface area contributed by atoms with E-state index in [2.05, 4.69) is 5.32 Å². The summed E-state index contributed by atoms with van der Waals surface area (Å²) in [6.07, 6.45) is 3.55. The third-order valence-corrected chi connectivity index (χ3v) is 5.94. The van der Waals surface area contributed by atoms with Gasteiger partial charge in [0.1, 0.15) is 6.04 Å². The first-order valence-corrected chi connectivity index (χ1v) is 9.96. The number of hydrogen-bond donors (Lipinski definition) is 1. The molecule has 2 saturated heterocycles. The summed E-state index contributed by atoms with van der Waals surface area (Å²) in [5.74, 6) is 0.478. The van der Waals surface area contributed by atoms with Gasteiger partial charge in [-0.25, -0.2) is 0 Å². The average molecular weight is 398 g/mol. The molecule has 7 heteroatoms. The maximum absolute atomic E-state index is 13.0. The standard InChI is InChI=1S/C19H25Cl2N3O2/c1-22-12-13-6-9-23(10-7-13)19(26)17-3-2-8-24(17)18(25)15-11-14(20)4-5-16(15)21/h4-5,11,13,17,22H,2-3,6-10,12H2,1H3. The molecular formula is C19H25Cl2N3O2. The van der Waals surface area contributed by atoms with Crippen molar-refractivity contribution in [1.82, 2.24) is 15.1 Å². The molecule has 0 radical (unpaired) electrons. The Hall–Kier alpha value is -1.30. The summed E-state index contributed by atoms with van der Waals surface area (Å²) in [6.45, 7) is 3.10. The number of carbonyl (C=O) groups is 2. The highest BCUT2D eigenvalue weighted by Gasteiger charge is 2.38. The van der Waals surface area contributed by atoms with E-state index in [0.29, 0.717) is 34.5 Å². The lowest BCUT2D eigenvalue weighted by Crippen LogP contribution is -2.50. The van der Waals surface area contributed by atoms with Gasteiger partial charge in [-0.1, -0.05) is 23.2 Å². The molecule has 0 aliphatic carbocycles. The van der Waals surface area contributed by atoms with Gasteiger partial charge < -0.3 is 15.1 Å². The molecule has 2 fully saturated rings. The fraction of sp³-hybridized carbons (Fsp3) is 0.579. The molecule has 0 spiro atoms. The zero-order valence-electron chi connectivity index (χ0n) is 15.0. The molecule has 1 unspecified atom stereocenters. The molecule has 2 heterocycles. The van der Waals surface area contributed by atoms with E-state index < -0.39 is 6.04 Å². The van der Waals surface area contributed by atoms with E-state index in [9.17, 15) is 9.59 Å². The fourth-order valence-corrected chi connectivity index (χ4v) is 4.31. The number of carbonyl (C=O) groups excluding carboxylic acids is 2. The van der Waals surface area contributed by atoms with Crippen molar-refractivity contribution in [3.05, 3.63) is 33.8 Å². The van der Waals surface area contributed by atoms with Gasteiger partial charge in [0.2, 0.25) is 5.91 Å². The molecular weight excluding hydrogens is 373 g/mol. The number of halogens is 2. The highest BCUT2D eigenvalue weighted by Crippen LogP contribution is 2.28. The molecule has 5 nitrogen and oxygen atoms in total. The number of nitrogens with zero attached hydrogens (tertiary/aromatic N) is 2. The second-order valence-electron chi connectivity index (χ2n) is 7.11. The number of amides is 2. The number of nitrogens with one attached hydrogen (secondary N) is 1. The normalized spacial score (nSPS) is 21.3. The third-order valence-electron chi connectivity index (χ3n) is 5.38. The molecule has 1 atom stereocenters. The summed E-state index contributed by atoms with van der Waals surface area (Å²) in [4.78, 5) is 29.6. The smallest absolute Gasteiger partial charge is 0.256 e. The molecule has 26 heavy (non-hydrogen) atoms. The topological polar surface area (TPSA) is 52.7 Å². The minimum absolute atomic E-state index is 0.0666. The lowest BCUT2D eigenvalue weighted by atomic mass is 9.96. The molecule has 1 aromatic rings. The van der Waals surface area contributed by atoms with Crippen LogP contribution in [0.15, 0.2) is 18.2 Å². The minimum atomic E-state index is -0.390. The quantitative estimate of drug-likeness (QED) is 0.848. The van der Waals surface area contributed by atoms with Crippen LogP contribution in [0.3, 0.4) is 0 Å². The van der Waals surface area contributed by atoms with Gasteiger partial charge in [0.25, 0.3) is 5.91 Å². The van der Waals surface area contributed by atoms with Crippen LogP contribution in [-0.4, -0.2) is 60.9 Å². The van der Waals surface area contributed by atoms with Gasteiger partial charge in [-0.2, -0.15) is 0 Å². The van der Waals surface area contributed by atoms with Crippen molar-refractivity contribution in [2.24, 2.45) is 5.92 Å². The zero-order valence-corrected chi connectivity index (χ0v) is 16.5. The Morgan fingerprint density at radius 2 is 1.88 bits per heavy atom. The van der Waals surface area contributed by atoms with Crippen LogP contribution in [0.5, 0.6) is 0 Å². The van der Waals surface area contributed by atoms with Crippen LogP contribution in [0, 0.1) is 5.92 Å². The third kappa shape index (κ3) is 4.16. The number of benzene rings is 1. The molecule has 2 aliphatic heterocycles. The maximum atomic E-state index is 13.0. The highest BCUT2D eigenvalue weighted by molar-refractivity contribution is 6.35. The van der Waals surface area contributed by atoms with E-state index in [1.807, 2.05) is 11.9 Å². The SMILES string of the molecule is CNCC1CCN(C(=O)C2CCCN2C(=O)c2cc(Cl)ccc2Cl)CC1. The Morgan fingerprint density at radius 3 is 2.58 bits per heavy atom. The van der Waals surface area contributed by atoms with Crippen LogP contribution in [0.25, 0.3) is 0 Å². The van der Waals surface area contributed by atoms with E-state index in [1.165, 1.54) is 0 Å². The van der Waals surface area contributed by atoms with Crippen molar-refractivity contribution in [2.45, 2.75) is 31.7 Å². The number of hydrogen-bond acceptors (Lipinski definition) is 3. The van der Waals surface area contributed by atoms with Gasteiger partial charge in [0.15, 0.2) is 0 Å². The van der Waals surface area contributed by atoms with E-state index in [0.717, 1.165) is 38.9 Å². The van der Waals surface area contributed by atoms with Gasteiger partial charge in [-0.3, -0.25) is 9.59 Å². The van der Waals surface area contributed by atoms with Crippen molar-refractivity contribution in [3.8, 4) is 0 Å². The molecule has 142 valence electrons. The largest absolute Gasteiger partial charge is 0.341 e. The van der Waals surface area contributed by atoms with Crippen molar-refractivity contribution in [2.75, 3.05) is 33.2 Å². The molecule has 2 amide bonds. The van der Waals surface area contributed by atoms with Crippen molar-refractivity contribution >= 4 is 35.0 Å². The molecule has 3 rings (SSSR count). The molecule has 0 bridgehead atoms. The minimum Gasteiger partial charge on any atom is -0.341 e. The molecule has 0 saturated carbocycles. The summed E-state index contributed by atoms with van der Waals surface area (Å²) in [5.41, 5.74) is 0.367. The van der Waals surface area contributed by atoms with Gasteiger partial charge in [-0.05, 0) is 63.4 Å². The first-order chi connectivity index (χ1) is 12.5. The Kier molecular flexibility index (Phi) is 6.43. The van der Waals surface area contributed by atoms with Crippen molar-refractivity contribution < 1.29 is 9.59 Å². The van der Waals surface area contributed by atoms with Crippen molar-refractivity contribution in [3.63, 3.8) is 0 Å². The Labute approximate surface area is 164 Å². The van der Waals surface area contributed by atoms with Crippen LogP contribution in [0.2, 0.25) is 10.0 Å². The van der Waals surface area contributed by atoms with Crippen LogP contribution in [-0.2, 0) is 4.79 Å². The van der Waals surface area contributed by atoms with Gasteiger partial charge in [0.05, 0.1) is 10.6 Å². The second kappa shape index (κ2) is 8.59. The van der Waals surface area contributed by atoms with Gasteiger partial charge in [0, 0.05) is 24.7 Å². The summed E-state index contributed by atoms with van der Waals surface area (Å²) < 4.78 is 0. The van der Waals surface area contributed by atoms with E-state index >= 15 is 0 Å². The average Bonchev–Trinajstić information content (AvgIpc) is 3.13. The second-order valence-corrected chi connectivity index (χ2v) is 7.95. The van der Waals surface area contributed by atoms with Crippen LogP contribution >= 0.6 is 23.2 Å². The lowest BCUT2D eigenvalue weighted by Gasteiger charge is -2.35. The van der Waals surface area contributed by atoms with Crippen LogP contribution in [0.4, 0.5) is 0 Å². The number of piperidine rings is 1. The lowest BCUT2D eigenvalue weighted by molar-refractivity contribution is -0.136. The van der Waals surface area contributed by atoms with E-state index in [4.69, 9.17) is 23.2 Å². The Morgan fingerprint density at radius 1 is 1.15 bits per heavy atom. The molecule has 1 N–H and O–H groups in total. The Bertz CT molecular complexity index is 675. The van der Waals surface area contributed by atoms with Gasteiger partial charge >= 0.3 is 0 Å². The molecule has 1 aromatic carbocycles. The van der Waals surface area contributed by atoms with E-state index in [-0.39, 0.29) is 11.8 Å². The first kappa shape index (κ1) is 19.5. The maximum Gasteiger partial charge on any atom is 0.256 e. The molecule has 0 aromatic heterocycles. The predicted molar refractivity (Wildman–Crippen MR) is 104 cm³/mol. The summed E-state index contributed by atoms with van der Waals surface area (Å²) in [6, 6.07) is 4.47. The monoisotopic (exact) mass is 397 g/mol. The number of likely N-dealkylation sites (tertiary alicyclic amines) is 2. The van der Waals surface area contributed by atoms with E-state index in [1.54, 1.807) is 23.1 Å². The van der Waals surface area contributed by atoms with Crippen molar-refractivity contribution in [1.29, 1.82) is 0 Å². The summed E-state index contributed by atoms with van der Waals surface area (Å²) in [5, 5.41) is 4.04. The molecule has 2 aliphatic rings. The first-order valence-electron chi connectivity index (χ1n) is 9.20. The predicted octanol–water partition coefficient (Wildman–Crippen LogP) is 3.06. The highest BCUT2D eigenvalue weighted by atomic mass is 35.5. The van der Waals surface area contributed by atoms with Crippen LogP contribution < -0.4 is 5.32 Å². The van der Waals surface area contributed by atoms with Crippen LogP contribution in [0.1, 0.15) is 36.0 Å². The zero-order chi connectivity index (χ0) is 18.7. The Balaban J connectivity index is 1.69. The summed E-state index contributed by atoms with van der Waals surface area (Å²) >= 11 is 12.2.